The maximum Gasteiger partial charge on any atom is 0.226 e. The second-order valence-corrected chi connectivity index (χ2v) is 7.44. The van der Waals surface area contributed by atoms with E-state index >= 15 is 0 Å². The van der Waals surface area contributed by atoms with Gasteiger partial charge in [0.1, 0.15) is 0 Å². The molecule has 0 spiro atoms. The van der Waals surface area contributed by atoms with Crippen molar-refractivity contribution in [1.82, 2.24) is 10.2 Å². The molecule has 2 unspecified atom stereocenters. The van der Waals surface area contributed by atoms with E-state index in [0.29, 0.717) is 6.54 Å². The summed E-state index contributed by atoms with van der Waals surface area (Å²) in [6, 6.07) is -0.260. The normalized spacial score (nSPS) is 21.3. The molecule has 2 atom stereocenters. The van der Waals surface area contributed by atoms with Crippen LogP contribution >= 0.6 is 12.4 Å². The topological polar surface area (TPSA) is 66.5 Å². The van der Waals surface area contributed by atoms with Crippen LogP contribution in [0, 0.1) is 5.92 Å². The lowest BCUT2D eigenvalue weighted by Crippen LogP contribution is -2.46. The molecular formula is C12H25ClN2O3S. The van der Waals surface area contributed by atoms with Gasteiger partial charge in [-0.15, -0.1) is 12.4 Å². The van der Waals surface area contributed by atoms with E-state index in [1.54, 1.807) is 25.8 Å². The summed E-state index contributed by atoms with van der Waals surface area (Å²) in [5.74, 6) is 0.229. The maximum atomic E-state index is 12.2. The van der Waals surface area contributed by atoms with Gasteiger partial charge < -0.3 is 10.2 Å². The first-order valence-electron chi connectivity index (χ1n) is 6.55. The van der Waals surface area contributed by atoms with E-state index in [1.807, 2.05) is 0 Å². The van der Waals surface area contributed by atoms with Gasteiger partial charge in [0.25, 0.3) is 0 Å². The first-order valence-corrected chi connectivity index (χ1v) is 8.37. The minimum Gasteiger partial charge on any atom is -0.342 e. The second-order valence-electron chi connectivity index (χ2n) is 5.04. The van der Waals surface area contributed by atoms with Gasteiger partial charge in [0.15, 0.2) is 9.84 Å². The van der Waals surface area contributed by atoms with Crippen LogP contribution in [0.15, 0.2) is 0 Å². The van der Waals surface area contributed by atoms with Crippen LogP contribution < -0.4 is 5.32 Å². The highest BCUT2D eigenvalue weighted by Gasteiger charge is 2.28. The number of nitrogens with zero attached hydrogens (tertiary/aromatic N) is 1. The van der Waals surface area contributed by atoms with Gasteiger partial charge in [-0.25, -0.2) is 8.42 Å². The van der Waals surface area contributed by atoms with Crippen LogP contribution in [0.3, 0.4) is 0 Å². The molecule has 0 aromatic rings. The summed E-state index contributed by atoms with van der Waals surface area (Å²) in [7, 11) is -1.34. The molecule has 7 heteroatoms. The molecule has 1 aliphatic heterocycles. The highest BCUT2D eigenvalue weighted by atomic mass is 35.5. The summed E-state index contributed by atoms with van der Waals surface area (Å²) in [6.45, 7) is 5.10. The summed E-state index contributed by atoms with van der Waals surface area (Å²) < 4.78 is 23.1. The molecule has 5 nitrogen and oxygen atoms in total. The Morgan fingerprint density at radius 3 is 2.58 bits per heavy atom. The number of nitrogens with one attached hydrogen (secondary N) is 1. The number of rotatable bonds is 5. The van der Waals surface area contributed by atoms with Crippen molar-refractivity contribution in [3.63, 3.8) is 0 Å². The standard InChI is InChI=1S/C12H24N2O3S.ClH/c1-4-18(16,17)9-10(2)14(3)12(15)11-6-5-7-13-8-11;/h10-11,13H,4-9H2,1-3H3;1H. The Bertz CT molecular complexity index is 380. The smallest absolute Gasteiger partial charge is 0.226 e. The number of piperidine rings is 1. The molecule has 1 aliphatic rings. The number of halogens is 1. The van der Waals surface area contributed by atoms with Crippen LogP contribution in [-0.4, -0.2) is 56.9 Å². The van der Waals surface area contributed by atoms with Crippen molar-refractivity contribution in [2.45, 2.75) is 32.7 Å². The SMILES string of the molecule is CCS(=O)(=O)CC(C)N(C)C(=O)C1CCCNC1.Cl. The van der Waals surface area contributed by atoms with Crippen LogP contribution in [0.1, 0.15) is 26.7 Å². The van der Waals surface area contributed by atoms with E-state index in [0.717, 1.165) is 19.4 Å². The molecule has 0 bridgehead atoms. The summed E-state index contributed by atoms with van der Waals surface area (Å²) in [5.41, 5.74) is 0. The predicted octanol–water partition coefficient (Wildman–Crippen LogP) is 0.689. The van der Waals surface area contributed by atoms with Crippen molar-refractivity contribution in [2.75, 3.05) is 31.6 Å². The molecule has 0 aliphatic carbocycles. The summed E-state index contributed by atoms with van der Waals surface area (Å²) in [6.07, 6.45) is 1.90. The van der Waals surface area contributed by atoms with Crippen molar-refractivity contribution < 1.29 is 13.2 Å². The van der Waals surface area contributed by atoms with Crippen molar-refractivity contribution in [3.8, 4) is 0 Å². The monoisotopic (exact) mass is 312 g/mol. The number of amides is 1. The molecule has 114 valence electrons. The Hall–Kier alpha value is -0.330. The van der Waals surface area contributed by atoms with E-state index in [9.17, 15) is 13.2 Å². The highest BCUT2D eigenvalue weighted by molar-refractivity contribution is 7.91. The number of carbonyl (C=O) groups excluding carboxylic acids is 1. The first kappa shape index (κ1) is 18.7. The summed E-state index contributed by atoms with van der Waals surface area (Å²) in [5, 5.41) is 3.20. The van der Waals surface area contributed by atoms with Gasteiger partial charge in [0, 0.05) is 25.4 Å². The Balaban J connectivity index is 0.00000324. The quantitative estimate of drug-likeness (QED) is 0.811. The van der Waals surface area contributed by atoms with E-state index < -0.39 is 9.84 Å². The molecule has 1 N–H and O–H groups in total. The minimum atomic E-state index is -3.04. The minimum absolute atomic E-state index is 0. The molecule has 0 saturated carbocycles. The van der Waals surface area contributed by atoms with Crippen LogP contribution in [0.5, 0.6) is 0 Å². The number of carbonyl (C=O) groups is 1. The largest absolute Gasteiger partial charge is 0.342 e. The van der Waals surface area contributed by atoms with Gasteiger partial charge in [-0.2, -0.15) is 0 Å². The van der Waals surface area contributed by atoms with E-state index in [1.165, 1.54) is 0 Å². The Morgan fingerprint density at radius 1 is 1.47 bits per heavy atom. The molecular weight excluding hydrogens is 288 g/mol. The van der Waals surface area contributed by atoms with Gasteiger partial charge >= 0.3 is 0 Å². The van der Waals surface area contributed by atoms with Crippen LogP contribution in [-0.2, 0) is 14.6 Å². The van der Waals surface area contributed by atoms with Gasteiger partial charge in [-0.05, 0) is 26.3 Å². The van der Waals surface area contributed by atoms with Gasteiger partial charge in [-0.1, -0.05) is 6.92 Å². The third kappa shape index (κ3) is 5.67. The number of hydrogen-bond donors (Lipinski definition) is 1. The first-order chi connectivity index (χ1) is 8.37. The zero-order chi connectivity index (χ0) is 13.8. The summed E-state index contributed by atoms with van der Waals surface area (Å²) >= 11 is 0. The fourth-order valence-electron chi connectivity index (χ4n) is 2.16. The fourth-order valence-corrected chi connectivity index (χ4v) is 3.36. The Labute approximate surface area is 122 Å². The second kappa shape index (κ2) is 8.07. The van der Waals surface area contributed by atoms with Crippen LogP contribution in [0.4, 0.5) is 0 Å². The Kier molecular flexibility index (Phi) is 7.93. The molecule has 1 saturated heterocycles. The highest BCUT2D eigenvalue weighted by Crippen LogP contribution is 2.14. The molecule has 0 radical (unpaired) electrons. The van der Waals surface area contributed by atoms with Crippen molar-refractivity contribution >= 4 is 28.2 Å². The lowest BCUT2D eigenvalue weighted by Gasteiger charge is -2.30. The van der Waals surface area contributed by atoms with E-state index in [2.05, 4.69) is 5.32 Å². The predicted molar refractivity (Wildman–Crippen MR) is 79.4 cm³/mol. The third-order valence-corrected chi connectivity index (χ3v) is 5.46. The van der Waals surface area contributed by atoms with Gasteiger partial charge in [0.05, 0.1) is 11.7 Å². The third-order valence-electron chi connectivity index (χ3n) is 3.59. The van der Waals surface area contributed by atoms with Crippen LogP contribution in [0.2, 0.25) is 0 Å². The van der Waals surface area contributed by atoms with Crippen molar-refractivity contribution in [3.05, 3.63) is 0 Å². The van der Waals surface area contributed by atoms with E-state index in [-0.39, 0.29) is 41.8 Å². The summed E-state index contributed by atoms with van der Waals surface area (Å²) in [4.78, 5) is 13.8. The number of hydrogen-bond acceptors (Lipinski definition) is 4. The van der Waals surface area contributed by atoms with Crippen molar-refractivity contribution in [2.24, 2.45) is 5.92 Å². The molecule has 1 amide bonds. The lowest BCUT2D eigenvalue weighted by molar-refractivity contribution is -0.136. The molecule has 1 fully saturated rings. The fraction of sp³-hybridized carbons (Fsp3) is 0.917. The zero-order valence-corrected chi connectivity index (χ0v) is 13.5. The van der Waals surface area contributed by atoms with E-state index in [4.69, 9.17) is 0 Å². The van der Waals surface area contributed by atoms with Gasteiger partial charge in [-0.3, -0.25) is 4.79 Å². The average Bonchev–Trinajstić information content (AvgIpc) is 2.37. The van der Waals surface area contributed by atoms with Crippen molar-refractivity contribution in [1.29, 1.82) is 0 Å². The maximum absolute atomic E-state index is 12.2. The molecule has 0 aromatic heterocycles. The average molecular weight is 313 g/mol. The zero-order valence-electron chi connectivity index (χ0n) is 11.9. The lowest BCUT2D eigenvalue weighted by atomic mass is 9.98. The Morgan fingerprint density at radius 2 is 2.11 bits per heavy atom. The van der Waals surface area contributed by atoms with Gasteiger partial charge in [0.2, 0.25) is 5.91 Å². The molecule has 0 aromatic carbocycles. The number of sulfone groups is 1. The molecule has 1 heterocycles. The molecule has 19 heavy (non-hydrogen) atoms. The molecule has 1 rings (SSSR count). The van der Waals surface area contributed by atoms with Crippen LogP contribution in [0.25, 0.3) is 0 Å².